The average Bonchev–Trinajstić information content (AvgIpc) is 2.84. The van der Waals surface area contributed by atoms with E-state index in [0.29, 0.717) is 43.3 Å². The van der Waals surface area contributed by atoms with Gasteiger partial charge in [0.25, 0.3) is 0 Å². The predicted molar refractivity (Wildman–Crippen MR) is 281 cm³/mol. The topological polar surface area (TPSA) is 368 Å². The molecule has 26 atom stereocenters. The molecule has 8 rings (SSSR count). The summed E-state index contributed by atoms with van der Waals surface area (Å²) in [5.41, 5.74) is -3.46. The molecule has 0 spiro atoms. The maximum Gasteiger partial charge on any atom is 0.335 e. The first-order valence-electron chi connectivity index (χ1n) is 28.7. The Bertz CT molecular complexity index is 2390. The van der Waals surface area contributed by atoms with Crippen molar-refractivity contribution in [2.24, 2.45) is 56.2 Å². The number of rotatable bonds is 16. The molecular weight excluding hydrogens is 1060 g/mol. The molecule has 0 aromatic rings. The van der Waals surface area contributed by atoms with Gasteiger partial charge in [-0.2, -0.15) is 0 Å². The van der Waals surface area contributed by atoms with Gasteiger partial charge in [0.15, 0.2) is 31.1 Å². The van der Waals surface area contributed by atoms with Crippen molar-refractivity contribution in [1.82, 2.24) is 0 Å². The molecule has 0 aromatic heterocycles. The number of aliphatic carboxylic acids is 1. The van der Waals surface area contributed by atoms with E-state index >= 15 is 0 Å². The minimum absolute atomic E-state index is 0.0726. The summed E-state index contributed by atoms with van der Waals surface area (Å²) in [6, 6.07) is 0. The highest BCUT2D eigenvalue weighted by atomic mass is 16.8. The van der Waals surface area contributed by atoms with Gasteiger partial charge in [-0.3, -0.25) is 0 Å². The van der Waals surface area contributed by atoms with Crippen molar-refractivity contribution < 1.29 is 114 Å². The number of aliphatic hydroxyl groups is 11. The van der Waals surface area contributed by atoms with Crippen LogP contribution in [-0.2, 0) is 52.3 Å². The van der Waals surface area contributed by atoms with Gasteiger partial charge in [-0.25, -0.2) is 14.4 Å². The Hall–Kier alpha value is -3.05. The van der Waals surface area contributed by atoms with Crippen LogP contribution in [0.4, 0.5) is 0 Å². The van der Waals surface area contributed by atoms with Gasteiger partial charge in [0.2, 0.25) is 0 Å². The summed E-state index contributed by atoms with van der Waals surface area (Å²) in [6.45, 7) is 15.9. The van der Waals surface area contributed by atoms with Crippen LogP contribution in [0.5, 0.6) is 0 Å². The molecule has 8 unspecified atom stereocenters. The van der Waals surface area contributed by atoms with Crippen LogP contribution in [-0.4, -0.2) is 217 Å². The lowest BCUT2D eigenvalue weighted by Crippen LogP contribution is -2.72. The molecule has 0 bridgehead atoms. The van der Waals surface area contributed by atoms with Crippen molar-refractivity contribution >= 4 is 17.9 Å². The van der Waals surface area contributed by atoms with E-state index in [1.807, 2.05) is 20.8 Å². The molecule has 23 nitrogen and oxygen atoms in total. The molecule has 3 aliphatic heterocycles. The van der Waals surface area contributed by atoms with Crippen LogP contribution in [0.1, 0.15) is 114 Å². The molecule has 8 aliphatic rings. The van der Waals surface area contributed by atoms with E-state index in [2.05, 4.69) is 26.8 Å². The standard InChI is InChI=1S/C58H90O23/c1-11-26(3)48(72)80-45-46(81-49(73)27(4)12-2)58(25-62)30(19-53(45,5)6)29-13-14-34-54(7)17-16-36(55(8,24-61)33(54)15-18-56(34,9)57(29,10)20-35(58)63)77-52-43(78-51-42(69)40(67)38(65)31(21-59)76-51)28(37(64)44(79-52)47(70)71)23-74-50-41(68)39(66)32(22-60)75-50/h11-13,28,30-46,50-52,59-69H,14-25H2,1-10H3,(H,70,71)/t28-,30?,31?,32+,33?,34?,35-,36+,37+,38-,39?,40-,41+,42?,43?,44?,45+,46+,50-,51+,52-,54+,55-,56-,57-,58+/m1/s1. The SMILES string of the molecule is CC=C(C)C(=O)O[C@H]1[C@H](OC(=O)C(C)=CC)[C@@]2(CO)C(CC1(C)C)C1=CCC3[C@@]4(C)CC[C@H](O[C@@H]5OC(C(=O)O)[C@@H](O)[C@@H](CO[C@@H]6O[C@@H](CO)C(O)[C@@H]6O)C5O[C@@H]5OC(CO)[C@@H](O)[C@@H](O)C5O)[C@](C)(CO)C4CC[C@@]3(C)[C@]1(C)C[C@H]2O. The van der Waals surface area contributed by atoms with Gasteiger partial charge in [-0.05, 0) is 107 Å². The number of hydrogen-bond acceptors (Lipinski definition) is 22. The summed E-state index contributed by atoms with van der Waals surface area (Å²) >= 11 is 0. The van der Waals surface area contributed by atoms with Crippen LogP contribution in [0.3, 0.4) is 0 Å². The highest BCUT2D eigenvalue weighted by molar-refractivity contribution is 5.89. The van der Waals surface area contributed by atoms with Gasteiger partial charge in [0, 0.05) is 27.9 Å². The third kappa shape index (κ3) is 10.4. The van der Waals surface area contributed by atoms with Crippen molar-refractivity contribution in [1.29, 1.82) is 0 Å². The molecule has 460 valence electrons. The summed E-state index contributed by atoms with van der Waals surface area (Å²) < 4.78 is 49.0. The van der Waals surface area contributed by atoms with Crippen LogP contribution in [0, 0.1) is 56.2 Å². The molecule has 81 heavy (non-hydrogen) atoms. The Morgan fingerprint density at radius 2 is 1.25 bits per heavy atom. The molecule has 3 saturated heterocycles. The number of carbonyl (C=O) groups is 3. The second-order valence-electron chi connectivity index (χ2n) is 26.2. The molecule has 4 saturated carbocycles. The van der Waals surface area contributed by atoms with E-state index in [0.717, 1.165) is 5.57 Å². The zero-order valence-electron chi connectivity index (χ0n) is 48.2. The first-order valence-corrected chi connectivity index (χ1v) is 28.7. The summed E-state index contributed by atoms with van der Waals surface area (Å²) in [5.74, 6) is -5.26. The van der Waals surface area contributed by atoms with Gasteiger partial charge < -0.3 is 99.2 Å². The number of allylic oxidation sites excluding steroid dienone is 4. The van der Waals surface area contributed by atoms with Crippen molar-refractivity contribution in [3.8, 4) is 0 Å². The maximum absolute atomic E-state index is 13.8. The zero-order valence-corrected chi connectivity index (χ0v) is 48.2. The summed E-state index contributed by atoms with van der Waals surface area (Å²) in [4.78, 5) is 40.4. The maximum atomic E-state index is 13.8. The number of fused-ring (bicyclic) bond motifs is 7. The van der Waals surface area contributed by atoms with Crippen molar-refractivity contribution in [2.45, 2.75) is 219 Å². The summed E-state index contributed by atoms with van der Waals surface area (Å²) in [6.07, 6.45) is -18.5. The van der Waals surface area contributed by atoms with E-state index < -0.39 is 200 Å². The minimum atomic E-state index is -2.01. The molecule has 3 heterocycles. The molecular formula is C58H90O23. The fourth-order valence-corrected chi connectivity index (χ4v) is 16.4. The number of carbonyl (C=O) groups excluding carboxylic acids is 2. The van der Waals surface area contributed by atoms with Gasteiger partial charge in [0.05, 0.1) is 56.8 Å². The normalized spacial score (nSPS) is 48.9. The van der Waals surface area contributed by atoms with Crippen molar-refractivity contribution in [3.63, 3.8) is 0 Å². The second kappa shape index (κ2) is 23.7. The van der Waals surface area contributed by atoms with Crippen LogP contribution in [0.15, 0.2) is 34.9 Å². The highest BCUT2D eigenvalue weighted by Gasteiger charge is 2.74. The lowest BCUT2D eigenvalue weighted by molar-refractivity contribution is -0.374. The second-order valence-corrected chi connectivity index (χ2v) is 26.2. The number of hydrogen-bond donors (Lipinski definition) is 12. The Kier molecular flexibility index (Phi) is 18.7. The molecule has 23 heteroatoms. The molecule has 5 aliphatic carbocycles. The minimum Gasteiger partial charge on any atom is -0.479 e. The first-order chi connectivity index (χ1) is 38.0. The molecule has 0 amide bonds. The number of carboxylic acids is 1. The Labute approximate surface area is 472 Å². The fourth-order valence-electron chi connectivity index (χ4n) is 16.4. The van der Waals surface area contributed by atoms with E-state index in [-0.39, 0.29) is 24.7 Å². The van der Waals surface area contributed by atoms with E-state index in [1.165, 1.54) is 0 Å². The third-order valence-electron chi connectivity index (χ3n) is 21.8. The number of ether oxygens (including phenoxy) is 8. The lowest BCUT2D eigenvalue weighted by atomic mass is 9.33. The van der Waals surface area contributed by atoms with Gasteiger partial charge in [-0.1, -0.05) is 65.3 Å². The molecule has 0 radical (unpaired) electrons. The smallest absolute Gasteiger partial charge is 0.335 e. The lowest BCUT2D eigenvalue weighted by Gasteiger charge is -2.72. The van der Waals surface area contributed by atoms with Crippen LogP contribution in [0.2, 0.25) is 0 Å². The third-order valence-corrected chi connectivity index (χ3v) is 21.8. The van der Waals surface area contributed by atoms with Gasteiger partial charge >= 0.3 is 17.9 Å². The largest absolute Gasteiger partial charge is 0.479 e. The highest BCUT2D eigenvalue weighted by Crippen LogP contribution is 2.76. The zero-order chi connectivity index (χ0) is 59.9. The first kappa shape index (κ1) is 64.0. The van der Waals surface area contributed by atoms with Crippen LogP contribution in [0.25, 0.3) is 0 Å². The fraction of sp³-hybridized carbons (Fsp3) is 0.845. The number of aliphatic hydroxyl groups excluding tert-OH is 11. The molecule has 12 N–H and O–H groups in total. The monoisotopic (exact) mass is 1150 g/mol. The average molecular weight is 1160 g/mol. The summed E-state index contributed by atoms with van der Waals surface area (Å²) in [5, 5.41) is 132. The summed E-state index contributed by atoms with van der Waals surface area (Å²) in [7, 11) is 0. The quantitative estimate of drug-likeness (QED) is 0.0434. The van der Waals surface area contributed by atoms with E-state index in [4.69, 9.17) is 37.9 Å². The van der Waals surface area contributed by atoms with Crippen molar-refractivity contribution in [3.05, 3.63) is 34.9 Å². The molecule has 0 aromatic carbocycles. The Morgan fingerprint density at radius 1 is 0.667 bits per heavy atom. The van der Waals surface area contributed by atoms with Crippen molar-refractivity contribution in [2.75, 3.05) is 33.0 Å². The van der Waals surface area contributed by atoms with Crippen LogP contribution < -0.4 is 0 Å². The van der Waals surface area contributed by atoms with E-state index in [1.54, 1.807) is 39.8 Å². The predicted octanol–water partition coefficient (Wildman–Crippen LogP) is 0.512. The van der Waals surface area contributed by atoms with Gasteiger partial charge in [0.1, 0.15) is 54.9 Å². The Balaban J connectivity index is 1.13. The van der Waals surface area contributed by atoms with Crippen LogP contribution >= 0.6 is 0 Å². The van der Waals surface area contributed by atoms with E-state index in [9.17, 15) is 75.7 Å². The molecule has 7 fully saturated rings. The van der Waals surface area contributed by atoms with Gasteiger partial charge in [-0.15, -0.1) is 0 Å². The Morgan fingerprint density at radius 3 is 1.81 bits per heavy atom. The number of carboxylic acid groups (broad SMARTS) is 1. The number of esters is 2.